The van der Waals surface area contributed by atoms with Gasteiger partial charge in [0.05, 0.1) is 5.69 Å². The van der Waals surface area contributed by atoms with Gasteiger partial charge in [-0.15, -0.1) is 0 Å². The van der Waals surface area contributed by atoms with Crippen molar-refractivity contribution >= 4 is 5.69 Å². The van der Waals surface area contributed by atoms with E-state index in [2.05, 4.69) is 6.92 Å². The summed E-state index contributed by atoms with van der Waals surface area (Å²) >= 11 is 0. The maximum absolute atomic E-state index is 12.9. The van der Waals surface area contributed by atoms with Crippen molar-refractivity contribution in [3.63, 3.8) is 0 Å². The van der Waals surface area contributed by atoms with Crippen molar-refractivity contribution in [3.05, 3.63) is 24.0 Å². The third-order valence-corrected chi connectivity index (χ3v) is 3.61. The van der Waals surface area contributed by atoms with Gasteiger partial charge in [-0.25, -0.2) is 4.39 Å². The van der Waals surface area contributed by atoms with E-state index in [1.165, 1.54) is 31.4 Å². The van der Waals surface area contributed by atoms with Crippen LogP contribution in [0.25, 0.3) is 0 Å². The molecule has 1 fully saturated rings. The first-order valence-electron chi connectivity index (χ1n) is 6.42. The topological polar surface area (TPSA) is 35.2 Å². The fourth-order valence-electron chi connectivity index (χ4n) is 2.59. The Bertz CT molecular complexity index is 380. The summed E-state index contributed by atoms with van der Waals surface area (Å²) in [5, 5.41) is 0. The predicted molar refractivity (Wildman–Crippen MR) is 67.5 cm³/mol. The summed E-state index contributed by atoms with van der Waals surface area (Å²) in [4.78, 5) is 0. The number of nitrogen functional groups attached to an aromatic ring is 1. The van der Waals surface area contributed by atoms with Crippen LogP contribution < -0.4 is 10.5 Å². The third kappa shape index (κ3) is 2.90. The molecule has 2 unspecified atom stereocenters. The lowest BCUT2D eigenvalue weighted by Crippen LogP contribution is -2.30. The van der Waals surface area contributed by atoms with Crippen LogP contribution in [-0.2, 0) is 0 Å². The molecule has 2 atom stereocenters. The standard InChI is InChI=1S/C14H20FNO/c1-2-10-5-3-4-6-13(10)17-14-8-7-11(15)9-12(14)16/h7-10,13H,2-6,16H2,1H3. The van der Waals surface area contributed by atoms with E-state index in [4.69, 9.17) is 10.5 Å². The van der Waals surface area contributed by atoms with E-state index < -0.39 is 0 Å². The van der Waals surface area contributed by atoms with Crippen LogP contribution in [-0.4, -0.2) is 6.10 Å². The molecular formula is C14H20FNO. The number of rotatable bonds is 3. The van der Waals surface area contributed by atoms with Crippen LogP contribution in [0.5, 0.6) is 5.75 Å². The molecule has 0 radical (unpaired) electrons. The van der Waals surface area contributed by atoms with Gasteiger partial charge in [0.25, 0.3) is 0 Å². The van der Waals surface area contributed by atoms with Gasteiger partial charge >= 0.3 is 0 Å². The molecule has 1 aliphatic rings. The minimum atomic E-state index is -0.314. The van der Waals surface area contributed by atoms with Crippen molar-refractivity contribution in [1.82, 2.24) is 0 Å². The number of benzene rings is 1. The SMILES string of the molecule is CCC1CCCCC1Oc1ccc(F)cc1N. The van der Waals surface area contributed by atoms with Gasteiger partial charge < -0.3 is 10.5 Å². The van der Waals surface area contributed by atoms with E-state index in [-0.39, 0.29) is 11.9 Å². The van der Waals surface area contributed by atoms with Gasteiger partial charge in [-0.1, -0.05) is 13.3 Å². The molecular weight excluding hydrogens is 217 g/mol. The van der Waals surface area contributed by atoms with E-state index in [0.717, 1.165) is 12.8 Å². The zero-order chi connectivity index (χ0) is 12.3. The minimum Gasteiger partial charge on any atom is -0.488 e. The van der Waals surface area contributed by atoms with Crippen molar-refractivity contribution in [2.45, 2.75) is 45.1 Å². The molecule has 0 bridgehead atoms. The molecule has 2 N–H and O–H groups in total. The lowest BCUT2D eigenvalue weighted by Gasteiger charge is -2.31. The van der Waals surface area contributed by atoms with Gasteiger partial charge in [0, 0.05) is 6.07 Å². The van der Waals surface area contributed by atoms with Crippen molar-refractivity contribution < 1.29 is 9.13 Å². The predicted octanol–water partition coefficient (Wildman–Crippen LogP) is 3.76. The molecule has 2 rings (SSSR count). The highest BCUT2D eigenvalue weighted by atomic mass is 19.1. The Morgan fingerprint density at radius 3 is 2.82 bits per heavy atom. The van der Waals surface area contributed by atoms with Crippen LogP contribution in [0.15, 0.2) is 18.2 Å². The summed E-state index contributed by atoms with van der Waals surface area (Å²) in [5.41, 5.74) is 6.15. The largest absolute Gasteiger partial charge is 0.488 e. The molecule has 1 aliphatic carbocycles. The Morgan fingerprint density at radius 2 is 2.12 bits per heavy atom. The van der Waals surface area contributed by atoms with E-state index in [9.17, 15) is 4.39 Å². The highest BCUT2D eigenvalue weighted by Gasteiger charge is 2.25. The van der Waals surface area contributed by atoms with Crippen molar-refractivity contribution in [3.8, 4) is 5.75 Å². The van der Waals surface area contributed by atoms with Crippen LogP contribution in [0.1, 0.15) is 39.0 Å². The number of hydrogen-bond acceptors (Lipinski definition) is 2. The fourth-order valence-corrected chi connectivity index (χ4v) is 2.59. The lowest BCUT2D eigenvalue weighted by molar-refractivity contribution is 0.0910. The zero-order valence-electron chi connectivity index (χ0n) is 10.3. The Morgan fingerprint density at radius 1 is 1.35 bits per heavy atom. The van der Waals surface area contributed by atoms with Gasteiger partial charge in [-0.2, -0.15) is 0 Å². The molecule has 1 aromatic rings. The summed E-state index contributed by atoms with van der Waals surface area (Å²) in [5.74, 6) is 0.912. The van der Waals surface area contributed by atoms with Crippen LogP contribution in [0, 0.1) is 11.7 Å². The number of nitrogens with two attached hydrogens (primary N) is 1. The first kappa shape index (κ1) is 12.2. The average molecular weight is 237 g/mol. The summed E-state index contributed by atoms with van der Waals surface area (Å²) in [6, 6.07) is 4.35. The number of ether oxygens (including phenoxy) is 1. The van der Waals surface area contributed by atoms with Crippen molar-refractivity contribution in [1.29, 1.82) is 0 Å². The normalized spacial score (nSPS) is 24.6. The maximum atomic E-state index is 12.9. The quantitative estimate of drug-likeness (QED) is 0.812. The average Bonchev–Trinajstić information content (AvgIpc) is 2.33. The Kier molecular flexibility index (Phi) is 3.87. The molecule has 94 valence electrons. The molecule has 0 saturated heterocycles. The fraction of sp³-hybridized carbons (Fsp3) is 0.571. The molecule has 0 spiro atoms. The number of anilines is 1. The van der Waals surface area contributed by atoms with Crippen LogP contribution in [0.3, 0.4) is 0 Å². The first-order valence-corrected chi connectivity index (χ1v) is 6.42. The van der Waals surface area contributed by atoms with Gasteiger partial charge in [-0.3, -0.25) is 0 Å². The Balaban J connectivity index is 2.08. The lowest BCUT2D eigenvalue weighted by atomic mass is 9.85. The first-order chi connectivity index (χ1) is 8.20. The van der Waals surface area contributed by atoms with E-state index in [0.29, 0.717) is 17.4 Å². The number of hydrogen-bond donors (Lipinski definition) is 1. The van der Waals surface area contributed by atoms with Gasteiger partial charge in [0.2, 0.25) is 0 Å². The Labute approximate surface area is 102 Å². The van der Waals surface area contributed by atoms with E-state index >= 15 is 0 Å². The molecule has 1 aromatic carbocycles. The van der Waals surface area contributed by atoms with Gasteiger partial charge in [-0.05, 0) is 43.7 Å². The summed E-state index contributed by atoms with van der Waals surface area (Å²) in [6.07, 6.45) is 6.17. The van der Waals surface area contributed by atoms with Crippen LogP contribution in [0.2, 0.25) is 0 Å². The second-order valence-corrected chi connectivity index (χ2v) is 4.79. The molecule has 0 aromatic heterocycles. The monoisotopic (exact) mass is 237 g/mol. The molecule has 0 heterocycles. The highest BCUT2D eigenvalue weighted by Crippen LogP contribution is 2.32. The molecule has 0 amide bonds. The van der Waals surface area contributed by atoms with E-state index in [1.54, 1.807) is 6.07 Å². The molecule has 0 aliphatic heterocycles. The second-order valence-electron chi connectivity index (χ2n) is 4.79. The van der Waals surface area contributed by atoms with Gasteiger partial charge in [0.15, 0.2) is 0 Å². The highest BCUT2D eigenvalue weighted by molar-refractivity contribution is 5.52. The minimum absolute atomic E-state index is 0.238. The van der Waals surface area contributed by atoms with E-state index in [1.807, 2.05) is 0 Å². The summed E-state index contributed by atoms with van der Waals surface area (Å²) in [6.45, 7) is 2.19. The molecule has 1 saturated carbocycles. The van der Waals surface area contributed by atoms with Crippen LogP contribution in [0.4, 0.5) is 10.1 Å². The molecule has 3 heteroatoms. The Hall–Kier alpha value is -1.25. The molecule has 2 nitrogen and oxygen atoms in total. The van der Waals surface area contributed by atoms with Crippen molar-refractivity contribution in [2.75, 3.05) is 5.73 Å². The summed E-state index contributed by atoms with van der Waals surface area (Å²) < 4.78 is 18.9. The molecule has 17 heavy (non-hydrogen) atoms. The third-order valence-electron chi connectivity index (χ3n) is 3.61. The maximum Gasteiger partial charge on any atom is 0.142 e. The summed E-state index contributed by atoms with van der Waals surface area (Å²) in [7, 11) is 0. The van der Waals surface area contributed by atoms with Crippen LogP contribution >= 0.6 is 0 Å². The smallest absolute Gasteiger partial charge is 0.142 e. The second kappa shape index (κ2) is 5.39. The van der Waals surface area contributed by atoms with Gasteiger partial charge in [0.1, 0.15) is 17.7 Å². The van der Waals surface area contributed by atoms with Crippen molar-refractivity contribution in [2.24, 2.45) is 5.92 Å². The zero-order valence-corrected chi connectivity index (χ0v) is 10.3. The number of halogens is 1.